The standard InChI is InChI=1S/C22H18N4O7/c1-12-8-15(19(25(28)29)9-13(12)2)20-7-5-14(33-20)4-6-18-21(26(30)31)17(11-32-3)16(10-23)22(27)24-18/h4-9H,11H2,1-3H3,(H,24,27). The first-order valence-electron chi connectivity index (χ1n) is 9.54. The van der Waals surface area contributed by atoms with Gasteiger partial charge in [-0.15, -0.1) is 0 Å². The van der Waals surface area contributed by atoms with Crippen LogP contribution in [-0.4, -0.2) is 21.9 Å². The summed E-state index contributed by atoms with van der Waals surface area (Å²) < 4.78 is 10.6. The number of aryl methyl sites for hydroxylation is 2. The number of hydrogen-bond donors (Lipinski definition) is 1. The number of hydrogen-bond acceptors (Lipinski definition) is 8. The van der Waals surface area contributed by atoms with E-state index in [0.29, 0.717) is 5.56 Å². The molecule has 0 amide bonds. The Balaban J connectivity index is 2.07. The number of benzene rings is 1. The van der Waals surface area contributed by atoms with Gasteiger partial charge in [-0.25, -0.2) is 0 Å². The van der Waals surface area contributed by atoms with E-state index >= 15 is 0 Å². The number of nitro benzene ring substituents is 1. The molecule has 0 radical (unpaired) electrons. The van der Waals surface area contributed by atoms with E-state index in [1.807, 2.05) is 6.92 Å². The Kier molecular flexibility index (Phi) is 6.51. The fraction of sp³-hybridized carbons (Fsp3) is 0.182. The number of nitrogens with one attached hydrogen (secondary N) is 1. The average molecular weight is 450 g/mol. The fourth-order valence-electron chi connectivity index (χ4n) is 3.30. The maximum atomic E-state index is 12.2. The summed E-state index contributed by atoms with van der Waals surface area (Å²) in [6.07, 6.45) is 2.63. The highest BCUT2D eigenvalue weighted by Gasteiger charge is 2.25. The van der Waals surface area contributed by atoms with Crippen LogP contribution in [0.2, 0.25) is 0 Å². The summed E-state index contributed by atoms with van der Waals surface area (Å²) >= 11 is 0. The molecule has 11 heteroatoms. The molecule has 0 spiro atoms. The Bertz CT molecular complexity index is 1390. The molecule has 0 saturated carbocycles. The van der Waals surface area contributed by atoms with Crippen LogP contribution < -0.4 is 5.56 Å². The van der Waals surface area contributed by atoms with Crippen molar-refractivity contribution in [2.24, 2.45) is 0 Å². The maximum absolute atomic E-state index is 12.2. The molecule has 0 aliphatic carbocycles. The molecular formula is C22H18N4O7. The number of nitriles is 1. The van der Waals surface area contributed by atoms with E-state index in [9.17, 15) is 30.3 Å². The van der Waals surface area contributed by atoms with Crippen LogP contribution >= 0.6 is 0 Å². The summed E-state index contributed by atoms with van der Waals surface area (Å²) in [4.78, 5) is 36.5. The first-order valence-corrected chi connectivity index (χ1v) is 9.54. The first kappa shape index (κ1) is 23.1. The van der Waals surface area contributed by atoms with Crippen LogP contribution in [0, 0.1) is 45.4 Å². The van der Waals surface area contributed by atoms with Gasteiger partial charge in [-0.05, 0) is 55.3 Å². The first-order chi connectivity index (χ1) is 15.7. The molecular weight excluding hydrogens is 432 g/mol. The van der Waals surface area contributed by atoms with E-state index in [1.54, 1.807) is 25.1 Å². The topological polar surface area (TPSA) is 165 Å². The summed E-state index contributed by atoms with van der Waals surface area (Å²) in [6.45, 7) is 3.29. The summed E-state index contributed by atoms with van der Waals surface area (Å²) in [6, 6.07) is 7.86. The molecule has 0 atom stereocenters. The van der Waals surface area contributed by atoms with Crippen LogP contribution in [0.5, 0.6) is 0 Å². The zero-order valence-electron chi connectivity index (χ0n) is 17.9. The lowest BCUT2D eigenvalue weighted by Gasteiger charge is -2.06. The third kappa shape index (κ3) is 4.56. The van der Waals surface area contributed by atoms with Crippen LogP contribution in [0.3, 0.4) is 0 Å². The van der Waals surface area contributed by atoms with Gasteiger partial charge in [-0.1, -0.05) is 0 Å². The lowest BCUT2D eigenvalue weighted by atomic mass is 10.0. The Morgan fingerprint density at radius 2 is 1.85 bits per heavy atom. The van der Waals surface area contributed by atoms with Gasteiger partial charge in [0.2, 0.25) is 0 Å². The molecule has 0 unspecified atom stereocenters. The van der Waals surface area contributed by atoms with Crippen LogP contribution in [0.1, 0.15) is 33.7 Å². The predicted octanol–water partition coefficient (Wildman–Crippen LogP) is 4.26. The number of methoxy groups -OCH3 is 1. The summed E-state index contributed by atoms with van der Waals surface area (Å²) in [7, 11) is 1.29. The van der Waals surface area contributed by atoms with E-state index in [4.69, 9.17) is 9.15 Å². The summed E-state index contributed by atoms with van der Waals surface area (Å²) in [5, 5.41) is 32.3. The highest BCUT2D eigenvalue weighted by molar-refractivity contribution is 5.75. The Labute approximate surface area is 186 Å². The van der Waals surface area contributed by atoms with Crippen molar-refractivity contribution >= 4 is 23.5 Å². The van der Waals surface area contributed by atoms with Gasteiger partial charge in [0.05, 0.1) is 27.6 Å². The number of ether oxygens (including phenoxy) is 1. The minimum absolute atomic E-state index is 0.112. The average Bonchev–Trinajstić information content (AvgIpc) is 3.22. The van der Waals surface area contributed by atoms with Crippen molar-refractivity contribution < 1.29 is 19.0 Å². The van der Waals surface area contributed by atoms with Gasteiger partial charge in [0, 0.05) is 13.2 Å². The highest BCUT2D eigenvalue weighted by atomic mass is 16.6. The molecule has 3 aromatic rings. The molecule has 0 bridgehead atoms. The van der Waals surface area contributed by atoms with Crippen LogP contribution in [0.25, 0.3) is 23.5 Å². The molecule has 0 saturated heterocycles. The van der Waals surface area contributed by atoms with Crippen molar-refractivity contribution in [2.45, 2.75) is 20.5 Å². The van der Waals surface area contributed by atoms with Gasteiger partial charge in [0.1, 0.15) is 28.8 Å². The predicted molar refractivity (Wildman–Crippen MR) is 118 cm³/mol. The maximum Gasteiger partial charge on any atom is 0.299 e. The number of nitrogens with zero attached hydrogens (tertiary/aromatic N) is 3. The zero-order valence-corrected chi connectivity index (χ0v) is 17.9. The molecule has 2 heterocycles. The largest absolute Gasteiger partial charge is 0.456 e. The SMILES string of the molecule is COCc1c([N+](=O)[O-])c(C=Cc2ccc(-c3cc(C)c(C)cc3[N+](=O)[O-])o2)[nH]c(=O)c1C#N. The lowest BCUT2D eigenvalue weighted by molar-refractivity contribution is -0.386. The smallest absolute Gasteiger partial charge is 0.299 e. The second-order valence-electron chi connectivity index (χ2n) is 7.12. The number of H-pyrrole nitrogens is 1. The lowest BCUT2D eigenvalue weighted by Crippen LogP contribution is -2.18. The number of aromatic nitrogens is 1. The summed E-state index contributed by atoms with van der Waals surface area (Å²) in [5.41, 5.74) is -0.154. The molecule has 0 aliphatic rings. The number of aromatic amines is 1. The van der Waals surface area contributed by atoms with Crippen molar-refractivity contribution in [1.29, 1.82) is 5.26 Å². The highest BCUT2D eigenvalue weighted by Crippen LogP contribution is 2.34. The fourth-order valence-corrected chi connectivity index (χ4v) is 3.30. The van der Waals surface area contributed by atoms with Gasteiger partial charge < -0.3 is 14.1 Å². The van der Waals surface area contributed by atoms with Gasteiger partial charge >= 0.3 is 0 Å². The minimum Gasteiger partial charge on any atom is -0.456 e. The Morgan fingerprint density at radius 3 is 2.45 bits per heavy atom. The third-order valence-electron chi connectivity index (χ3n) is 5.02. The molecule has 11 nitrogen and oxygen atoms in total. The van der Waals surface area contributed by atoms with E-state index in [0.717, 1.165) is 11.1 Å². The molecule has 33 heavy (non-hydrogen) atoms. The third-order valence-corrected chi connectivity index (χ3v) is 5.02. The van der Waals surface area contributed by atoms with Crippen LogP contribution in [0.15, 0.2) is 33.5 Å². The monoisotopic (exact) mass is 450 g/mol. The van der Waals surface area contributed by atoms with E-state index in [-0.39, 0.29) is 35.1 Å². The van der Waals surface area contributed by atoms with Crippen LogP contribution in [0.4, 0.5) is 11.4 Å². The molecule has 1 aromatic carbocycles. The van der Waals surface area contributed by atoms with Gasteiger partial charge in [-0.2, -0.15) is 5.26 Å². The van der Waals surface area contributed by atoms with Gasteiger partial charge in [-0.3, -0.25) is 25.0 Å². The number of furan rings is 1. The second kappa shape index (κ2) is 9.29. The van der Waals surface area contributed by atoms with Crippen molar-refractivity contribution in [1.82, 2.24) is 4.98 Å². The van der Waals surface area contributed by atoms with Gasteiger partial charge in [0.15, 0.2) is 0 Å². The number of nitro groups is 2. The molecule has 1 N–H and O–H groups in total. The number of pyridine rings is 1. The van der Waals surface area contributed by atoms with Crippen molar-refractivity contribution in [2.75, 3.05) is 7.11 Å². The van der Waals surface area contributed by atoms with Crippen molar-refractivity contribution in [3.63, 3.8) is 0 Å². The number of rotatable bonds is 7. The zero-order chi connectivity index (χ0) is 24.3. The quantitative estimate of drug-likeness (QED) is 0.412. The molecule has 3 rings (SSSR count). The second-order valence-corrected chi connectivity index (χ2v) is 7.12. The molecule has 0 aliphatic heterocycles. The molecule has 2 aromatic heterocycles. The van der Waals surface area contributed by atoms with Crippen molar-refractivity contribution in [3.05, 3.63) is 88.6 Å². The molecule has 168 valence electrons. The van der Waals surface area contributed by atoms with E-state index in [2.05, 4.69) is 4.98 Å². The van der Waals surface area contributed by atoms with Gasteiger partial charge in [0.25, 0.3) is 16.9 Å². The Hall–Kier alpha value is -4.56. The normalized spacial score (nSPS) is 11.0. The van der Waals surface area contributed by atoms with Crippen LogP contribution in [-0.2, 0) is 11.3 Å². The minimum atomic E-state index is -0.791. The Morgan fingerprint density at radius 1 is 1.15 bits per heavy atom. The van der Waals surface area contributed by atoms with E-state index in [1.165, 1.54) is 31.4 Å². The summed E-state index contributed by atoms with van der Waals surface area (Å²) in [5.74, 6) is 0.484. The van der Waals surface area contributed by atoms with Crippen molar-refractivity contribution in [3.8, 4) is 17.4 Å². The van der Waals surface area contributed by atoms with E-state index < -0.39 is 26.7 Å². The molecule has 0 fully saturated rings.